The molecule has 0 spiro atoms. The van der Waals surface area contributed by atoms with E-state index in [-0.39, 0.29) is 0 Å². The van der Waals surface area contributed by atoms with E-state index in [1.54, 1.807) is 0 Å². The summed E-state index contributed by atoms with van der Waals surface area (Å²) in [5.41, 5.74) is 1.41. The minimum Gasteiger partial charge on any atom is -0.317 e. The molecule has 1 unspecified atom stereocenters. The lowest BCUT2D eigenvalue weighted by Crippen LogP contribution is -2.38. The second kappa shape index (κ2) is 8.77. The van der Waals surface area contributed by atoms with Crippen molar-refractivity contribution in [2.24, 2.45) is 5.92 Å². The lowest BCUT2D eigenvalue weighted by atomic mass is 9.95. The summed E-state index contributed by atoms with van der Waals surface area (Å²) in [6.45, 7) is 9.36. The van der Waals surface area contributed by atoms with Gasteiger partial charge in [0.25, 0.3) is 0 Å². The zero-order chi connectivity index (χ0) is 15.1. The number of nitrogens with zero attached hydrogens (tertiary/aromatic N) is 1. The summed E-state index contributed by atoms with van der Waals surface area (Å²) in [5.74, 6) is 0.846. The first kappa shape index (κ1) is 16.8. The molecule has 1 heterocycles. The van der Waals surface area contributed by atoms with Gasteiger partial charge in [-0.2, -0.15) is 0 Å². The fourth-order valence-electron chi connectivity index (χ4n) is 3.45. The molecule has 0 radical (unpaired) electrons. The van der Waals surface area contributed by atoms with Gasteiger partial charge in [-0.25, -0.2) is 0 Å². The van der Waals surface area contributed by atoms with Gasteiger partial charge in [0.05, 0.1) is 0 Å². The smallest absolute Gasteiger partial charge is 0.0406 e. The molecular weight excluding hydrogens is 280 g/mol. The molecule has 0 amide bonds. The van der Waals surface area contributed by atoms with E-state index in [1.807, 2.05) is 12.1 Å². The predicted octanol–water partition coefficient (Wildman–Crippen LogP) is 4.50. The van der Waals surface area contributed by atoms with Gasteiger partial charge in [0, 0.05) is 17.6 Å². The van der Waals surface area contributed by atoms with Crippen LogP contribution in [0.2, 0.25) is 5.02 Å². The summed E-state index contributed by atoms with van der Waals surface area (Å²) < 4.78 is 0. The highest BCUT2D eigenvalue weighted by atomic mass is 35.5. The minimum atomic E-state index is 0.525. The predicted molar refractivity (Wildman–Crippen MR) is 91.9 cm³/mol. The van der Waals surface area contributed by atoms with Crippen LogP contribution in [0.15, 0.2) is 24.3 Å². The van der Waals surface area contributed by atoms with Crippen LogP contribution >= 0.6 is 11.6 Å². The molecule has 0 aromatic heterocycles. The van der Waals surface area contributed by atoms with Crippen LogP contribution in [-0.4, -0.2) is 31.1 Å². The van der Waals surface area contributed by atoms with Crippen LogP contribution in [0.25, 0.3) is 0 Å². The van der Waals surface area contributed by atoms with Crippen molar-refractivity contribution in [1.82, 2.24) is 10.2 Å². The normalized spacial score (nSPS) is 18.1. The summed E-state index contributed by atoms with van der Waals surface area (Å²) in [6.07, 6.45) is 5.01. The van der Waals surface area contributed by atoms with Crippen LogP contribution in [0.1, 0.15) is 51.1 Å². The second-order valence-electron chi connectivity index (χ2n) is 6.16. The SMILES string of the molecule is CCCN(CC1CCNCC1)C(CC)c1ccc(Cl)cc1. The van der Waals surface area contributed by atoms with Crippen molar-refractivity contribution in [2.45, 2.75) is 45.6 Å². The Kier molecular flexibility index (Phi) is 7.01. The van der Waals surface area contributed by atoms with E-state index in [0.29, 0.717) is 6.04 Å². The van der Waals surface area contributed by atoms with Crippen LogP contribution in [-0.2, 0) is 0 Å². The Hall–Kier alpha value is -0.570. The molecule has 1 fully saturated rings. The standard InChI is InChI=1S/C18H29ClN2/c1-3-13-21(14-15-9-11-20-12-10-15)18(4-2)16-5-7-17(19)8-6-16/h5-8,15,18,20H,3-4,9-14H2,1-2H3. The number of piperidine rings is 1. The summed E-state index contributed by atoms with van der Waals surface area (Å²) in [4.78, 5) is 2.69. The summed E-state index contributed by atoms with van der Waals surface area (Å²) in [6, 6.07) is 8.96. The van der Waals surface area contributed by atoms with Crippen LogP contribution in [0.3, 0.4) is 0 Å². The molecular formula is C18H29ClN2. The van der Waals surface area contributed by atoms with Gasteiger partial charge < -0.3 is 5.32 Å². The molecule has 0 aliphatic carbocycles. The number of rotatable bonds is 7. The second-order valence-corrected chi connectivity index (χ2v) is 6.60. The minimum absolute atomic E-state index is 0.525. The maximum atomic E-state index is 6.04. The third kappa shape index (κ3) is 4.98. The van der Waals surface area contributed by atoms with Gasteiger partial charge in [0.1, 0.15) is 0 Å². The van der Waals surface area contributed by atoms with Gasteiger partial charge >= 0.3 is 0 Å². The van der Waals surface area contributed by atoms with Crippen molar-refractivity contribution in [3.63, 3.8) is 0 Å². The fourth-order valence-corrected chi connectivity index (χ4v) is 3.57. The molecule has 2 nitrogen and oxygen atoms in total. The van der Waals surface area contributed by atoms with E-state index < -0.39 is 0 Å². The highest BCUT2D eigenvalue weighted by Gasteiger charge is 2.22. The molecule has 118 valence electrons. The van der Waals surface area contributed by atoms with Crippen LogP contribution in [0.4, 0.5) is 0 Å². The van der Waals surface area contributed by atoms with Crippen molar-refractivity contribution in [3.05, 3.63) is 34.9 Å². The third-order valence-corrected chi connectivity index (χ3v) is 4.80. The molecule has 2 rings (SSSR count). The molecule has 1 aromatic rings. The lowest BCUT2D eigenvalue weighted by molar-refractivity contribution is 0.148. The molecule has 3 heteroatoms. The fraction of sp³-hybridized carbons (Fsp3) is 0.667. The Bertz CT molecular complexity index is 398. The van der Waals surface area contributed by atoms with Crippen LogP contribution in [0.5, 0.6) is 0 Å². The van der Waals surface area contributed by atoms with Gasteiger partial charge in [-0.05, 0) is 68.9 Å². The molecule has 1 atom stereocenters. The van der Waals surface area contributed by atoms with Crippen molar-refractivity contribution in [2.75, 3.05) is 26.2 Å². The first-order valence-corrected chi connectivity index (χ1v) is 8.82. The molecule has 1 saturated heterocycles. The van der Waals surface area contributed by atoms with Gasteiger partial charge in [0.15, 0.2) is 0 Å². The zero-order valence-electron chi connectivity index (χ0n) is 13.4. The first-order valence-electron chi connectivity index (χ1n) is 8.44. The summed E-state index contributed by atoms with van der Waals surface area (Å²) in [5, 5.41) is 4.30. The van der Waals surface area contributed by atoms with E-state index in [2.05, 4.69) is 36.2 Å². The van der Waals surface area contributed by atoms with Crippen LogP contribution in [0, 0.1) is 5.92 Å². The Labute approximate surface area is 134 Å². The molecule has 0 saturated carbocycles. The van der Waals surface area contributed by atoms with Gasteiger partial charge in [-0.15, -0.1) is 0 Å². The topological polar surface area (TPSA) is 15.3 Å². The van der Waals surface area contributed by atoms with Crippen molar-refractivity contribution in [3.8, 4) is 0 Å². The quantitative estimate of drug-likeness (QED) is 0.797. The first-order chi connectivity index (χ1) is 10.2. The van der Waals surface area contributed by atoms with Gasteiger partial charge in [-0.1, -0.05) is 37.6 Å². The lowest BCUT2D eigenvalue weighted by Gasteiger charge is -2.35. The van der Waals surface area contributed by atoms with Crippen molar-refractivity contribution < 1.29 is 0 Å². The maximum absolute atomic E-state index is 6.04. The van der Waals surface area contributed by atoms with E-state index in [0.717, 1.165) is 17.4 Å². The molecule has 1 aliphatic rings. The van der Waals surface area contributed by atoms with E-state index in [4.69, 9.17) is 11.6 Å². The Morgan fingerprint density at radius 1 is 1.19 bits per heavy atom. The average molecular weight is 309 g/mol. The highest BCUT2D eigenvalue weighted by Crippen LogP contribution is 2.28. The Morgan fingerprint density at radius 2 is 1.86 bits per heavy atom. The number of halogens is 1. The Morgan fingerprint density at radius 3 is 2.43 bits per heavy atom. The summed E-state index contributed by atoms with van der Waals surface area (Å²) >= 11 is 6.04. The molecule has 1 aromatic carbocycles. The maximum Gasteiger partial charge on any atom is 0.0406 e. The Balaban J connectivity index is 2.07. The zero-order valence-corrected chi connectivity index (χ0v) is 14.2. The van der Waals surface area contributed by atoms with Crippen LogP contribution < -0.4 is 5.32 Å². The molecule has 1 aliphatic heterocycles. The van der Waals surface area contributed by atoms with E-state index in [9.17, 15) is 0 Å². The van der Waals surface area contributed by atoms with Crippen molar-refractivity contribution in [1.29, 1.82) is 0 Å². The number of hydrogen-bond acceptors (Lipinski definition) is 2. The highest BCUT2D eigenvalue weighted by molar-refractivity contribution is 6.30. The monoisotopic (exact) mass is 308 g/mol. The van der Waals surface area contributed by atoms with Gasteiger partial charge in [0.2, 0.25) is 0 Å². The summed E-state index contributed by atoms with van der Waals surface area (Å²) in [7, 11) is 0. The molecule has 1 N–H and O–H groups in total. The number of nitrogens with one attached hydrogen (secondary N) is 1. The van der Waals surface area contributed by atoms with Crippen molar-refractivity contribution >= 4 is 11.6 Å². The number of benzene rings is 1. The average Bonchev–Trinajstić information content (AvgIpc) is 2.51. The largest absolute Gasteiger partial charge is 0.317 e. The third-order valence-electron chi connectivity index (χ3n) is 4.54. The van der Waals surface area contributed by atoms with Gasteiger partial charge in [-0.3, -0.25) is 4.90 Å². The number of hydrogen-bond donors (Lipinski definition) is 1. The van der Waals surface area contributed by atoms with E-state index >= 15 is 0 Å². The molecule has 21 heavy (non-hydrogen) atoms. The molecule has 0 bridgehead atoms. The van der Waals surface area contributed by atoms with E-state index in [1.165, 1.54) is 51.0 Å².